The minimum atomic E-state index is -4.38. The van der Waals surface area contributed by atoms with Gasteiger partial charge in [0.15, 0.2) is 0 Å². The number of alkyl halides is 3. The fourth-order valence-corrected chi connectivity index (χ4v) is 1.60. The molecular weight excluding hydrogens is 267 g/mol. The normalized spacial score (nSPS) is 11.6. The topological polar surface area (TPSA) is 40.7 Å². The summed E-state index contributed by atoms with van der Waals surface area (Å²) in [5.41, 5.74) is -0.517. The van der Waals surface area contributed by atoms with Crippen LogP contribution in [0.25, 0.3) is 0 Å². The molecule has 0 amide bonds. The van der Waals surface area contributed by atoms with Gasteiger partial charge in [0.1, 0.15) is 5.82 Å². The Kier molecular flexibility index (Phi) is 3.47. The molecular formula is C11H9ClF3N3. The third kappa shape index (κ3) is 2.95. The highest BCUT2D eigenvalue weighted by Crippen LogP contribution is 2.33. The number of H-pyrrole nitrogens is 1. The second-order valence-corrected chi connectivity index (χ2v) is 3.99. The van der Waals surface area contributed by atoms with E-state index in [0.717, 1.165) is 12.1 Å². The van der Waals surface area contributed by atoms with E-state index in [1.807, 2.05) is 0 Å². The zero-order valence-electron chi connectivity index (χ0n) is 9.05. The molecule has 2 aromatic rings. The molecule has 3 nitrogen and oxygen atoms in total. The lowest BCUT2D eigenvalue weighted by molar-refractivity contribution is -0.137. The van der Waals surface area contributed by atoms with E-state index in [1.54, 1.807) is 12.4 Å². The first-order valence-corrected chi connectivity index (χ1v) is 5.43. The summed E-state index contributed by atoms with van der Waals surface area (Å²) >= 11 is 5.83. The zero-order valence-corrected chi connectivity index (χ0v) is 9.81. The van der Waals surface area contributed by atoms with Gasteiger partial charge in [-0.3, -0.25) is 0 Å². The number of nitrogens with one attached hydrogen (secondary N) is 2. The molecule has 7 heteroatoms. The Labute approximate surface area is 106 Å². The van der Waals surface area contributed by atoms with E-state index in [-0.39, 0.29) is 17.3 Å². The molecule has 0 aliphatic carbocycles. The van der Waals surface area contributed by atoms with Crippen LogP contribution in [0.4, 0.5) is 18.9 Å². The monoisotopic (exact) mass is 275 g/mol. The van der Waals surface area contributed by atoms with Crippen LogP contribution in [-0.2, 0) is 12.7 Å². The van der Waals surface area contributed by atoms with Gasteiger partial charge in [-0.25, -0.2) is 4.98 Å². The molecule has 2 rings (SSSR count). The molecule has 0 aliphatic rings. The Balaban J connectivity index is 2.16. The summed E-state index contributed by atoms with van der Waals surface area (Å²) in [6.45, 7) is 0.272. The van der Waals surface area contributed by atoms with Gasteiger partial charge in [-0.1, -0.05) is 11.6 Å². The first kappa shape index (κ1) is 12.8. The molecule has 96 valence electrons. The molecule has 1 aromatic heterocycles. The Morgan fingerprint density at radius 3 is 2.72 bits per heavy atom. The van der Waals surface area contributed by atoms with Gasteiger partial charge in [0.25, 0.3) is 0 Å². The van der Waals surface area contributed by atoms with Crippen molar-refractivity contribution in [3.05, 3.63) is 47.0 Å². The quantitative estimate of drug-likeness (QED) is 0.897. The number of imidazole rings is 1. The summed E-state index contributed by atoms with van der Waals surface area (Å²) in [7, 11) is 0. The maximum atomic E-state index is 12.5. The summed E-state index contributed by atoms with van der Waals surface area (Å²) in [4.78, 5) is 6.78. The fraction of sp³-hybridized carbons (Fsp3) is 0.182. The predicted molar refractivity (Wildman–Crippen MR) is 62.4 cm³/mol. The van der Waals surface area contributed by atoms with Crippen molar-refractivity contribution in [3.63, 3.8) is 0 Å². The highest BCUT2D eigenvalue weighted by Gasteiger charge is 2.30. The van der Waals surface area contributed by atoms with Gasteiger partial charge >= 0.3 is 6.18 Å². The molecule has 1 aromatic carbocycles. The number of benzene rings is 1. The van der Waals surface area contributed by atoms with Crippen molar-refractivity contribution >= 4 is 17.3 Å². The van der Waals surface area contributed by atoms with Crippen molar-refractivity contribution in [2.45, 2.75) is 12.7 Å². The van der Waals surface area contributed by atoms with E-state index in [2.05, 4.69) is 15.3 Å². The Bertz CT molecular complexity index is 523. The average molecular weight is 276 g/mol. The molecule has 2 N–H and O–H groups in total. The predicted octanol–water partition coefficient (Wildman–Crippen LogP) is 3.69. The summed E-state index contributed by atoms with van der Waals surface area (Å²) in [6.07, 6.45) is -1.19. The second kappa shape index (κ2) is 4.89. The van der Waals surface area contributed by atoms with Crippen LogP contribution in [-0.4, -0.2) is 9.97 Å². The molecule has 0 fully saturated rings. The standard InChI is InChI=1S/C11H9ClF3N3/c12-8-2-1-7(11(13,14)15)5-9(8)18-6-10-16-3-4-17-10/h1-5,18H,6H2,(H,16,17). The largest absolute Gasteiger partial charge is 0.416 e. The molecule has 0 aliphatic heterocycles. The number of aromatic nitrogens is 2. The molecule has 1 heterocycles. The van der Waals surface area contributed by atoms with E-state index in [1.165, 1.54) is 6.07 Å². The van der Waals surface area contributed by atoms with Crippen LogP contribution < -0.4 is 5.32 Å². The third-order valence-electron chi connectivity index (χ3n) is 2.29. The minimum absolute atomic E-state index is 0.225. The SMILES string of the molecule is FC(F)(F)c1ccc(Cl)c(NCc2ncc[nH]2)c1. The van der Waals surface area contributed by atoms with Crippen LogP contribution in [0.3, 0.4) is 0 Å². The van der Waals surface area contributed by atoms with Crippen molar-refractivity contribution < 1.29 is 13.2 Å². The first-order chi connectivity index (χ1) is 8.47. The maximum absolute atomic E-state index is 12.5. The van der Waals surface area contributed by atoms with Gasteiger partial charge in [-0.05, 0) is 18.2 Å². The highest BCUT2D eigenvalue weighted by molar-refractivity contribution is 6.33. The number of hydrogen-bond acceptors (Lipinski definition) is 2. The molecule has 0 bridgehead atoms. The van der Waals surface area contributed by atoms with Gasteiger partial charge in [-0.15, -0.1) is 0 Å². The summed E-state index contributed by atoms with van der Waals surface area (Å²) in [5, 5.41) is 3.03. The molecule has 0 unspecified atom stereocenters. The number of hydrogen-bond donors (Lipinski definition) is 2. The summed E-state index contributed by atoms with van der Waals surface area (Å²) in [5.74, 6) is 0.614. The van der Waals surface area contributed by atoms with Gasteiger partial charge in [-0.2, -0.15) is 13.2 Å². The molecule has 0 saturated carbocycles. The Morgan fingerprint density at radius 2 is 2.11 bits per heavy atom. The van der Waals surface area contributed by atoms with E-state index >= 15 is 0 Å². The van der Waals surface area contributed by atoms with Gasteiger partial charge in [0.2, 0.25) is 0 Å². The van der Waals surface area contributed by atoms with Crippen LogP contribution in [0.1, 0.15) is 11.4 Å². The third-order valence-corrected chi connectivity index (χ3v) is 2.62. The summed E-state index contributed by atoms with van der Waals surface area (Å²) in [6, 6.07) is 3.14. The van der Waals surface area contributed by atoms with Gasteiger partial charge in [0.05, 0.1) is 22.8 Å². The van der Waals surface area contributed by atoms with Crippen LogP contribution in [0, 0.1) is 0 Å². The van der Waals surface area contributed by atoms with E-state index in [0.29, 0.717) is 5.82 Å². The molecule has 0 atom stereocenters. The lowest BCUT2D eigenvalue weighted by atomic mass is 10.2. The maximum Gasteiger partial charge on any atom is 0.416 e. The molecule has 0 spiro atoms. The van der Waals surface area contributed by atoms with Crippen LogP contribution in [0.2, 0.25) is 5.02 Å². The number of nitrogens with zero attached hydrogens (tertiary/aromatic N) is 1. The minimum Gasteiger partial charge on any atom is -0.377 e. The van der Waals surface area contributed by atoms with Gasteiger partial charge in [0, 0.05) is 12.4 Å². The summed E-state index contributed by atoms with van der Waals surface area (Å²) < 4.78 is 37.6. The van der Waals surface area contributed by atoms with Crippen molar-refractivity contribution in [1.29, 1.82) is 0 Å². The fourth-order valence-electron chi connectivity index (χ4n) is 1.41. The molecule has 0 radical (unpaired) electrons. The first-order valence-electron chi connectivity index (χ1n) is 5.05. The Hall–Kier alpha value is -1.69. The number of anilines is 1. The van der Waals surface area contributed by atoms with Crippen molar-refractivity contribution in [3.8, 4) is 0 Å². The number of halogens is 4. The van der Waals surface area contributed by atoms with E-state index < -0.39 is 11.7 Å². The van der Waals surface area contributed by atoms with Crippen molar-refractivity contribution in [2.75, 3.05) is 5.32 Å². The van der Waals surface area contributed by atoms with Crippen LogP contribution >= 0.6 is 11.6 Å². The average Bonchev–Trinajstić information content (AvgIpc) is 2.79. The second-order valence-electron chi connectivity index (χ2n) is 3.58. The zero-order chi connectivity index (χ0) is 13.2. The van der Waals surface area contributed by atoms with E-state index in [4.69, 9.17) is 11.6 Å². The number of aromatic amines is 1. The molecule has 18 heavy (non-hydrogen) atoms. The van der Waals surface area contributed by atoms with Gasteiger partial charge < -0.3 is 10.3 Å². The van der Waals surface area contributed by atoms with Crippen LogP contribution in [0.15, 0.2) is 30.6 Å². The lowest BCUT2D eigenvalue weighted by Crippen LogP contribution is -2.07. The number of rotatable bonds is 3. The lowest BCUT2D eigenvalue weighted by Gasteiger charge is -2.11. The Morgan fingerprint density at radius 1 is 1.33 bits per heavy atom. The van der Waals surface area contributed by atoms with E-state index in [9.17, 15) is 13.2 Å². The van der Waals surface area contributed by atoms with Crippen LogP contribution in [0.5, 0.6) is 0 Å². The molecule has 0 saturated heterocycles. The van der Waals surface area contributed by atoms with Crippen molar-refractivity contribution in [1.82, 2.24) is 9.97 Å². The van der Waals surface area contributed by atoms with Crippen molar-refractivity contribution in [2.24, 2.45) is 0 Å². The smallest absolute Gasteiger partial charge is 0.377 e. The highest BCUT2D eigenvalue weighted by atomic mass is 35.5.